The third kappa shape index (κ3) is 4.52. The van der Waals surface area contributed by atoms with E-state index in [1.54, 1.807) is 30.3 Å². The van der Waals surface area contributed by atoms with Crippen molar-refractivity contribution in [1.29, 1.82) is 0 Å². The van der Waals surface area contributed by atoms with Crippen molar-refractivity contribution in [3.8, 4) is 5.75 Å². The van der Waals surface area contributed by atoms with Crippen molar-refractivity contribution < 1.29 is 24.2 Å². The Morgan fingerprint density at radius 1 is 1.21 bits per heavy atom. The fraction of sp³-hybridized carbons (Fsp3) is 0.227. The molecule has 0 fully saturated rings. The van der Waals surface area contributed by atoms with E-state index in [0.29, 0.717) is 28.2 Å². The SMILES string of the molecule is COC(=O)COc1cccc(C(O)C2CC(=S)C=C(c3ccccc3)C2=O)c1. The summed E-state index contributed by atoms with van der Waals surface area (Å²) in [5.41, 5.74) is 1.82. The van der Waals surface area contributed by atoms with Crippen LogP contribution in [0, 0.1) is 5.92 Å². The lowest BCUT2D eigenvalue weighted by Gasteiger charge is -2.27. The van der Waals surface area contributed by atoms with Crippen molar-refractivity contribution in [2.75, 3.05) is 13.7 Å². The van der Waals surface area contributed by atoms with E-state index in [0.717, 1.165) is 5.56 Å². The van der Waals surface area contributed by atoms with Gasteiger partial charge < -0.3 is 14.6 Å². The zero-order chi connectivity index (χ0) is 20.1. The van der Waals surface area contributed by atoms with Gasteiger partial charge in [-0.3, -0.25) is 4.79 Å². The second-order valence-corrected chi connectivity index (χ2v) is 6.97. The fourth-order valence-corrected chi connectivity index (χ4v) is 3.42. The molecule has 0 saturated carbocycles. The number of hydrogen-bond acceptors (Lipinski definition) is 6. The minimum atomic E-state index is -1.04. The summed E-state index contributed by atoms with van der Waals surface area (Å²) in [5, 5.41) is 10.9. The van der Waals surface area contributed by atoms with Crippen molar-refractivity contribution in [3.05, 3.63) is 71.8 Å². The van der Waals surface area contributed by atoms with Gasteiger partial charge in [0.15, 0.2) is 12.4 Å². The number of benzene rings is 2. The Balaban J connectivity index is 1.81. The number of ether oxygens (including phenoxy) is 2. The van der Waals surface area contributed by atoms with Crippen molar-refractivity contribution >= 4 is 34.4 Å². The number of rotatable bonds is 6. The molecule has 0 amide bonds. The topological polar surface area (TPSA) is 72.8 Å². The van der Waals surface area contributed by atoms with Gasteiger partial charge in [0.2, 0.25) is 0 Å². The van der Waals surface area contributed by atoms with E-state index in [4.69, 9.17) is 17.0 Å². The molecule has 0 aliphatic heterocycles. The highest BCUT2D eigenvalue weighted by atomic mass is 32.1. The third-order valence-electron chi connectivity index (χ3n) is 4.58. The van der Waals surface area contributed by atoms with Gasteiger partial charge in [-0.1, -0.05) is 54.7 Å². The predicted octanol–water partition coefficient (Wildman–Crippen LogP) is 3.31. The molecule has 144 valence electrons. The number of aliphatic hydroxyl groups is 1. The summed E-state index contributed by atoms with van der Waals surface area (Å²) in [6, 6.07) is 16.0. The first kappa shape index (κ1) is 19.9. The van der Waals surface area contributed by atoms with Gasteiger partial charge in [0, 0.05) is 10.4 Å². The second kappa shape index (κ2) is 8.91. The summed E-state index contributed by atoms with van der Waals surface area (Å²) in [6.45, 7) is -0.233. The molecule has 6 heteroatoms. The molecule has 5 nitrogen and oxygen atoms in total. The smallest absolute Gasteiger partial charge is 0.343 e. The molecular formula is C22H20O5S. The van der Waals surface area contributed by atoms with E-state index in [1.165, 1.54) is 7.11 Å². The molecule has 3 rings (SSSR count). The molecular weight excluding hydrogens is 376 g/mol. The monoisotopic (exact) mass is 396 g/mol. The van der Waals surface area contributed by atoms with Gasteiger partial charge in [-0.25, -0.2) is 4.79 Å². The number of carbonyl (C=O) groups is 2. The first-order valence-corrected chi connectivity index (χ1v) is 9.22. The fourth-order valence-electron chi connectivity index (χ4n) is 3.12. The zero-order valence-electron chi connectivity index (χ0n) is 15.3. The van der Waals surface area contributed by atoms with Crippen LogP contribution in [0.4, 0.5) is 0 Å². The molecule has 2 unspecified atom stereocenters. The molecule has 2 aromatic carbocycles. The highest BCUT2D eigenvalue weighted by Crippen LogP contribution is 2.35. The lowest BCUT2D eigenvalue weighted by molar-refractivity contribution is -0.142. The van der Waals surface area contributed by atoms with Crippen LogP contribution in [0.5, 0.6) is 5.75 Å². The molecule has 2 aromatic rings. The normalized spacial score (nSPS) is 17.6. The first-order valence-electron chi connectivity index (χ1n) is 8.81. The summed E-state index contributed by atoms with van der Waals surface area (Å²) in [5.74, 6) is -0.917. The van der Waals surface area contributed by atoms with Gasteiger partial charge in [0.1, 0.15) is 5.75 Å². The standard InChI is InChI=1S/C22H20O5S/c1-26-20(23)13-27-16-9-5-8-15(10-16)21(24)19-12-17(28)11-18(22(19)25)14-6-3-2-4-7-14/h2-11,19,21,24H,12-13H2,1H3. The number of Topliss-reactive ketones (excluding diaryl/α,β-unsaturated/α-hetero) is 1. The molecule has 28 heavy (non-hydrogen) atoms. The summed E-state index contributed by atoms with van der Waals surface area (Å²) < 4.78 is 9.91. The molecule has 1 aliphatic rings. The maximum absolute atomic E-state index is 13.0. The Kier molecular flexibility index (Phi) is 6.34. The van der Waals surface area contributed by atoms with Gasteiger partial charge >= 0.3 is 5.97 Å². The zero-order valence-corrected chi connectivity index (χ0v) is 16.1. The van der Waals surface area contributed by atoms with Crippen LogP contribution < -0.4 is 4.74 Å². The minimum absolute atomic E-state index is 0.145. The highest BCUT2D eigenvalue weighted by molar-refractivity contribution is 7.80. The third-order valence-corrected chi connectivity index (χ3v) is 4.86. The molecule has 1 aliphatic carbocycles. The van der Waals surface area contributed by atoms with Crippen molar-refractivity contribution in [3.63, 3.8) is 0 Å². The largest absolute Gasteiger partial charge is 0.482 e. The Hall–Kier alpha value is -2.83. The van der Waals surface area contributed by atoms with Crippen LogP contribution in [0.3, 0.4) is 0 Å². The number of carbonyl (C=O) groups excluding carboxylic acids is 2. The molecule has 0 heterocycles. The van der Waals surface area contributed by atoms with E-state index in [2.05, 4.69) is 4.74 Å². The van der Waals surface area contributed by atoms with Gasteiger partial charge in [-0.05, 0) is 35.8 Å². The minimum Gasteiger partial charge on any atom is -0.482 e. The van der Waals surface area contributed by atoms with Crippen molar-refractivity contribution in [2.45, 2.75) is 12.5 Å². The van der Waals surface area contributed by atoms with Gasteiger partial charge in [-0.2, -0.15) is 0 Å². The van der Waals surface area contributed by atoms with Crippen LogP contribution >= 0.6 is 12.2 Å². The Labute approximate surface area is 168 Å². The Morgan fingerprint density at radius 3 is 2.68 bits per heavy atom. The number of thiocarbonyl (C=S) groups is 1. The molecule has 0 bridgehead atoms. The first-order chi connectivity index (χ1) is 13.5. The summed E-state index contributed by atoms with van der Waals surface area (Å²) in [4.78, 5) is 24.9. The van der Waals surface area contributed by atoms with E-state index in [1.807, 2.05) is 30.3 Å². The maximum atomic E-state index is 13.0. The number of aliphatic hydroxyl groups excluding tert-OH is 1. The maximum Gasteiger partial charge on any atom is 0.343 e. The van der Waals surface area contributed by atoms with Crippen LogP contribution in [0.2, 0.25) is 0 Å². The molecule has 0 aromatic heterocycles. The van der Waals surface area contributed by atoms with Gasteiger partial charge in [-0.15, -0.1) is 0 Å². The average molecular weight is 396 g/mol. The Bertz CT molecular complexity index is 920. The lowest BCUT2D eigenvalue weighted by Crippen LogP contribution is -2.29. The quantitative estimate of drug-likeness (QED) is 0.597. The summed E-state index contributed by atoms with van der Waals surface area (Å²) in [7, 11) is 1.28. The number of ketones is 1. The number of methoxy groups -OCH3 is 1. The van der Waals surface area contributed by atoms with Crippen LogP contribution in [-0.2, 0) is 14.3 Å². The summed E-state index contributed by atoms with van der Waals surface area (Å²) >= 11 is 5.38. The molecule has 0 spiro atoms. The van der Waals surface area contributed by atoms with Crippen LogP contribution in [0.25, 0.3) is 5.57 Å². The van der Waals surface area contributed by atoms with Gasteiger partial charge in [0.25, 0.3) is 0 Å². The predicted molar refractivity (Wildman–Crippen MR) is 109 cm³/mol. The average Bonchev–Trinajstić information content (AvgIpc) is 2.73. The van der Waals surface area contributed by atoms with Crippen molar-refractivity contribution in [2.24, 2.45) is 5.92 Å². The van der Waals surface area contributed by atoms with Crippen LogP contribution in [-0.4, -0.2) is 35.4 Å². The number of hydrogen-bond donors (Lipinski definition) is 1. The van der Waals surface area contributed by atoms with E-state index in [9.17, 15) is 14.7 Å². The van der Waals surface area contributed by atoms with Gasteiger partial charge in [0.05, 0.1) is 19.1 Å². The molecule has 2 atom stereocenters. The highest BCUT2D eigenvalue weighted by Gasteiger charge is 2.34. The van der Waals surface area contributed by atoms with Crippen LogP contribution in [0.1, 0.15) is 23.7 Å². The van der Waals surface area contributed by atoms with E-state index >= 15 is 0 Å². The lowest BCUT2D eigenvalue weighted by atomic mass is 9.79. The second-order valence-electron chi connectivity index (χ2n) is 6.45. The summed E-state index contributed by atoms with van der Waals surface area (Å²) in [6.07, 6.45) is 0.977. The molecule has 0 radical (unpaired) electrons. The number of esters is 1. The number of allylic oxidation sites excluding steroid dienone is 2. The Morgan fingerprint density at radius 2 is 1.96 bits per heavy atom. The molecule has 1 N–H and O–H groups in total. The van der Waals surface area contributed by atoms with Crippen LogP contribution in [0.15, 0.2) is 60.7 Å². The van der Waals surface area contributed by atoms with E-state index < -0.39 is 18.0 Å². The van der Waals surface area contributed by atoms with E-state index in [-0.39, 0.29) is 12.4 Å². The molecule has 0 saturated heterocycles. The van der Waals surface area contributed by atoms with Crippen molar-refractivity contribution in [1.82, 2.24) is 0 Å².